The lowest BCUT2D eigenvalue weighted by Gasteiger charge is -2.31. The van der Waals surface area contributed by atoms with Crippen molar-refractivity contribution in [3.63, 3.8) is 0 Å². The van der Waals surface area contributed by atoms with E-state index in [-0.39, 0.29) is 23.4 Å². The zero-order chi connectivity index (χ0) is 17.2. The number of rotatable bonds is 5. The highest BCUT2D eigenvalue weighted by Gasteiger charge is 2.40. The van der Waals surface area contributed by atoms with Crippen molar-refractivity contribution in [2.24, 2.45) is 11.7 Å². The normalized spacial score (nSPS) is 19.0. The van der Waals surface area contributed by atoms with Gasteiger partial charge in [-0.1, -0.05) is 50.1 Å². The molecule has 2 aromatic rings. The lowest BCUT2D eigenvalue weighted by molar-refractivity contribution is -0.127. The fourth-order valence-corrected chi connectivity index (χ4v) is 4.43. The Hall–Kier alpha value is -1.72. The van der Waals surface area contributed by atoms with Crippen molar-refractivity contribution in [2.45, 2.75) is 51.1 Å². The van der Waals surface area contributed by atoms with Crippen molar-refractivity contribution in [2.75, 3.05) is 0 Å². The van der Waals surface area contributed by atoms with Gasteiger partial charge >= 0.3 is 0 Å². The van der Waals surface area contributed by atoms with Crippen LogP contribution in [-0.4, -0.2) is 10.9 Å². The van der Waals surface area contributed by atoms with E-state index in [0.717, 1.165) is 41.9 Å². The monoisotopic (exact) mass is 343 g/mol. The minimum atomic E-state index is -0.305. The van der Waals surface area contributed by atoms with Crippen LogP contribution in [0.15, 0.2) is 35.7 Å². The highest BCUT2D eigenvalue weighted by atomic mass is 32.1. The topological polar surface area (TPSA) is 68.0 Å². The van der Waals surface area contributed by atoms with Gasteiger partial charge in [-0.2, -0.15) is 0 Å². The van der Waals surface area contributed by atoms with Crippen LogP contribution in [0.1, 0.15) is 54.9 Å². The molecule has 1 saturated carbocycles. The zero-order valence-electron chi connectivity index (χ0n) is 14.3. The van der Waals surface area contributed by atoms with Crippen molar-refractivity contribution < 1.29 is 4.79 Å². The molecule has 24 heavy (non-hydrogen) atoms. The zero-order valence-corrected chi connectivity index (χ0v) is 15.1. The summed E-state index contributed by atoms with van der Waals surface area (Å²) in [6, 6.07) is 9.52. The fourth-order valence-electron chi connectivity index (χ4n) is 3.42. The third-order valence-corrected chi connectivity index (χ3v) is 6.15. The average molecular weight is 343 g/mol. The number of thiazole rings is 1. The number of aryl methyl sites for hydroxylation is 1. The number of amides is 1. The van der Waals surface area contributed by atoms with Crippen molar-refractivity contribution >= 4 is 17.2 Å². The first-order chi connectivity index (χ1) is 11.5. The second-order valence-corrected chi connectivity index (χ2v) is 7.66. The van der Waals surface area contributed by atoms with Crippen LogP contribution in [0.25, 0.3) is 0 Å². The van der Waals surface area contributed by atoms with Crippen molar-refractivity contribution in [1.29, 1.82) is 0 Å². The number of nitrogens with two attached hydrogens (primary N) is 1. The second-order valence-electron chi connectivity index (χ2n) is 6.80. The number of benzene rings is 1. The van der Waals surface area contributed by atoms with Crippen LogP contribution < -0.4 is 11.1 Å². The number of hydrogen-bond acceptors (Lipinski definition) is 4. The first-order valence-electron chi connectivity index (χ1n) is 8.57. The number of aromatic nitrogens is 1. The van der Waals surface area contributed by atoms with Crippen molar-refractivity contribution in [1.82, 2.24) is 10.3 Å². The Morgan fingerprint density at radius 2 is 1.96 bits per heavy atom. The third-order valence-electron chi connectivity index (χ3n) is 4.98. The first kappa shape index (κ1) is 17.1. The minimum absolute atomic E-state index is 0.0149. The van der Waals surface area contributed by atoms with Crippen LogP contribution in [0.3, 0.4) is 0 Å². The van der Waals surface area contributed by atoms with Gasteiger partial charge in [-0.3, -0.25) is 4.79 Å². The Morgan fingerprint density at radius 1 is 1.29 bits per heavy atom. The van der Waals surface area contributed by atoms with Crippen LogP contribution in [0.4, 0.5) is 0 Å². The molecule has 5 heteroatoms. The molecule has 0 bridgehead atoms. The molecule has 1 aliphatic rings. The molecule has 1 aliphatic carbocycles. The molecule has 1 aromatic carbocycles. The van der Waals surface area contributed by atoms with Gasteiger partial charge < -0.3 is 11.1 Å². The predicted molar refractivity (Wildman–Crippen MR) is 97.7 cm³/mol. The molecule has 0 spiro atoms. The van der Waals surface area contributed by atoms with E-state index in [0.29, 0.717) is 0 Å². The summed E-state index contributed by atoms with van der Waals surface area (Å²) in [4.78, 5) is 17.5. The highest BCUT2D eigenvalue weighted by molar-refractivity contribution is 7.09. The van der Waals surface area contributed by atoms with Gasteiger partial charge in [-0.05, 0) is 25.3 Å². The molecule has 1 aromatic heterocycles. The summed E-state index contributed by atoms with van der Waals surface area (Å²) in [6.45, 7) is 3.90. The van der Waals surface area contributed by atoms with Gasteiger partial charge in [0.1, 0.15) is 5.01 Å². The molecule has 2 unspecified atom stereocenters. The van der Waals surface area contributed by atoms with E-state index in [9.17, 15) is 4.79 Å². The molecule has 2 atom stereocenters. The molecule has 4 nitrogen and oxygen atoms in total. The van der Waals surface area contributed by atoms with Gasteiger partial charge in [0, 0.05) is 17.1 Å². The molecular formula is C19H25N3OS. The Bertz CT molecular complexity index is 692. The van der Waals surface area contributed by atoms with E-state index in [4.69, 9.17) is 5.73 Å². The van der Waals surface area contributed by atoms with Crippen molar-refractivity contribution in [3.8, 4) is 0 Å². The minimum Gasteiger partial charge on any atom is -0.344 e. The maximum absolute atomic E-state index is 12.9. The van der Waals surface area contributed by atoms with Gasteiger partial charge in [-0.25, -0.2) is 4.98 Å². The van der Waals surface area contributed by atoms with E-state index >= 15 is 0 Å². The van der Waals surface area contributed by atoms with E-state index in [1.807, 2.05) is 44.2 Å². The molecule has 3 N–H and O–H groups in total. The molecule has 0 aliphatic heterocycles. The van der Waals surface area contributed by atoms with Crippen molar-refractivity contribution in [3.05, 3.63) is 52.0 Å². The lowest BCUT2D eigenvalue weighted by atomic mass is 9.92. The molecule has 128 valence electrons. The molecular weight excluding hydrogens is 318 g/mol. The summed E-state index contributed by atoms with van der Waals surface area (Å²) in [5.74, 6) is -0.271. The Kier molecular flexibility index (Phi) is 5.01. The SMILES string of the molecule is Cc1csc(C2(NC(=O)C(C)C(N)c3ccccc3)CCCC2)n1. The van der Waals surface area contributed by atoms with Gasteiger partial charge in [0.2, 0.25) is 5.91 Å². The molecule has 0 radical (unpaired) electrons. The summed E-state index contributed by atoms with van der Waals surface area (Å²) in [5, 5.41) is 6.39. The molecule has 1 amide bonds. The van der Waals surface area contributed by atoms with Crippen LogP contribution in [-0.2, 0) is 10.3 Å². The third kappa shape index (κ3) is 3.37. The smallest absolute Gasteiger partial charge is 0.225 e. The maximum atomic E-state index is 12.9. The summed E-state index contributed by atoms with van der Waals surface area (Å²) < 4.78 is 0. The van der Waals surface area contributed by atoms with E-state index in [2.05, 4.69) is 15.7 Å². The maximum Gasteiger partial charge on any atom is 0.225 e. The Labute approximate surface area is 147 Å². The second kappa shape index (κ2) is 7.03. The van der Waals surface area contributed by atoms with E-state index in [1.54, 1.807) is 11.3 Å². The van der Waals surface area contributed by atoms with Crippen LogP contribution in [0, 0.1) is 12.8 Å². The number of carbonyl (C=O) groups excluding carboxylic acids is 1. The molecule has 1 fully saturated rings. The molecule has 3 rings (SSSR count). The van der Waals surface area contributed by atoms with Crippen LogP contribution >= 0.6 is 11.3 Å². The molecule has 0 saturated heterocycles. The van der Waals surface area contributed by atoms with E-state index in [1.165, 1.54) is 0 Å². The van der Waals surface area contributed by atoms with Gasteiger partial charge in [0.15, 0.2) is 0 Å². The van der Waals surface area contributed by atoms with E-state index < -0.39 is 0 Å². The van der Waals surface area contributed by atoms with Gasteiger partial charge in [0.05, 0.1) is 11.5 Å². The predicted octanol–water partition coefficient (Wildman–Crippen LogP) is 3.67. The Morgan fingerprint density at radius 3 is 2.54 bits per heavy atom. The summed E-state index contributed by atoms with van der Waals surface area (Å²) in [7, 11) is 0. The quantitative estimate of drug-likeness (QED) is 0.870. The molecule has 1 heterocycles. The number of nitrogens with zero attached hydrogens (tertiary/aromatic N) is 1. The summed E-state index contributed by atoms with van der Waals surface area (Å²) in [6.07, 6.45) is 4.16. The summed E-state index contributed by atoms with van der Waals surface area (Å²) in [5.41, 5.74) is 8.03. The highest BCUT2D eigenvalue weighted by Crippen LogP contribution is 2.40. The first-order valence-corrected chi connectivity index (χ1v) is 9.45. The lowest BCUT2D eigenvalue weighted by Crippen LogP contribution is -2.47. The van der Waals surface area contributed by atoms with Crippen LogP contribution in [0.2, 0.25) is 0 Å². The Balaban J connectivity index is 1.76. The fraction of sp³-hybridized carbons (Fsp3) is 0.474. The van der Waals surface area contributed by atoms with Gasteiger partial charge in [0.25, 0.3) is 0 Å². The largest absolute Gasteiger partial charge is 0.344 e. The standard InChI is InChI=1S/C19H25N3OS/c1-13-12-24-18(21-13)19(10-6-7-11-19)22-17(23)14(2)16(20)15-8-4-3-5-9-15/h3-5,8-9,12,14,16H,6-7,10-11,20H2,1-2H3,(H,22,23). The average Bonchev–Trinajstić information content (AvgIpc) is 3.24. The summed E-state index contributed by atoms with van der Waals surface area (Å²) >= 11 is 1.65. The number of carbonyl (C=O) groups is 1. The number of nitrogens with one attached hydrogen (secondary N) is 1. The van der Waals surface area contributed by atoms with Crippen LogP contribution in [0.5, 0.6) is 0 Å². The number of hydrogen-bond donors (Lipinski definition) is 2. The van der Waals surface area contributed by atoms with Gasteiger partial charge in [-0.15, -0.1) is 11.3 Å².